The highest BCUT2D eigenvalue weighted by molar-refractivity contribution is 6.28. The predicted octanol–water partition coefficient (Wildman–Crippen LogP) is 5.12. The van der Waals surface area contributed by atoms with Gasteiger partial charge < -0.3 is 25.0 Å². The molecule has 1 aliphatic heterocycles. The molecule has 1 atom stereocenters. The highest BCUT2D eigenvalue weighted by atomic mass is 35.5. The van der Waals surface area contributed by atoms with Crippen LogP contribution in [0.1, 0.15) is 26.3 Å². The Balaban J connectivity index is 1.90. The van der Waals surface area contributed by atoms with Crippen molar-refractivity contribution in [2.24, 2.45) is 5.41 Å². The molecule has 2 heterocycles. The molecule has 33 heavy (non-hydrogen) atoms. The van der Waals surface area contributed by atoms with Gasteiger partial charge in [-0.1, -0.05) is 20.8 Å². The third-order valence-corrected chi connectivity index (χ3v) is 5.68. The van der Waals surface area contributed by atoms with Crippen molar-refractivity contribution < 1.29 is 27.8 Å². The van der Waals surface area contributed by atoms with Crippen molar-refractivity contribution in [3.8, 4) is 5.75 Å². The fraction of sp³-hybridized carbons (Fsp3) is 0.476. The Morgan fingerprint density at radius 2 is 1.97 bits per heavy atom. The summed E-state index contributed by atoms with van der Waals surface area (Å²) in [6, 6.07) is 4.76. The highest BCUT2D eigenvalue weighted by Gasteiger charge is 2.38. The Morgan fingerprint density at radius 1 is 1.27 bits per heavy atom. The monoisotopic (exact) mass is 487 g/mol. The lowest BCUT2D eigenvalue weighted by Gasteiger charge is -2.46. The average Bonchev–Trinajstić information content (AvgIpc) is 2.72. The van der Waals surface area contributed by atoms with Crippen LogP contribution in [-0.2, 0) is 6.18 Å². The van der Waals surface area contributed by atoms with Crippen LogP contribution >= 0.6 is 11.6 Å². The standard InChI is InChI=1S/C21H25ClF3N5O3/c1-20(2,3)16-11-29(7-8-30(16)19(31)32)12-5-6-14(15(9-12)33-4)27-17-13(21(23,24)25)10-26-18(22)28-17/h5-6,9-10,16H,7-8,11H2,1-4H3,(H,31,32)(H,26,27,28). The van der Waals surface area contributed by atoms with E-state index >= 15 is 0 Å². The van der Waals surface area contributed by atoms with Crippen LogP contribution in [0.5, 0.6) is 5.75 Å². The number of nitrogens with zero attached hydrogens (tertiary/aromatic N) is 4. The number of hydrogen-bond acceptors (Lipinski definition) is 6. The van der Waals surface area contributed by atoms with Crippen molar-refractivity contribution in [1.82, 2.24) is 14.9 Å². The van der Waals surface area contributed by atoms with Crippen molar-refractivity contribution in [3.05, 3.63) is 35.2 Å². The van der Waals surface area contributed by atoms with Crippen LogP contribution in [0.4, 0.5) is 35.2 Å². The molecular formula is C21H25ClF3N5O3. The maximum atomic E-state index is 13.3. The Morgan fingerprint density at radius 3 is 2.55 bits per heavy atom. The molecule has 12 heteroatoms. The third-order valence-electron chi connectivity index (χ3n) is 5.49. The summed E-state index contributed by atoms with van der Waals surface area (Å²) in [5, 5.41) is 11.9. The first kappa shape index (κ1) is 24.7. The lowest BCUT2D eigenvalue weighted by Crippen LogP contribution is -2.59. The van der Waals surface area contributed by atoms with Gasteiger partial charge in [0.2, 0.25) is 5.28 Å². The molecule has 0 radical (unpaired) electrons. The average molecular weight is 488 g/mol. The van der Waals surface area contributed by atoms with Crippen LogP contribution in [0.3, 0.4) is 0 Å². The molecule has 1 saturated heterocycles. The van der Waals surface area contributed by atoms with Crippen molar-refractivity contribution >= 4 is 34.9 Å². The molecule has 3 rings (SSSR count). The van der Waals surface area contributed by atoms with E-state index in [2.05, 4.69) is 15.3 Å². The summed E-state index contributed by atoms with van der Waals surface area (Å²) >= 11 is 5.70. The number of alkyl halides is 3. The number of carboxylic acid groups (broad SMARTS) is 1. The molecule has 1 aromatic carbocycles. The fourth-order valence-electron chi connectivity index (χ4n) is 3.76. The van der Waals surface area contributed by atoms with Crippen LogP contribution < -0.4 is 15.0 Å². The Kier molecular flexibility index (Phi) is 6.83. The van der Waals surface area contributed by atoms with Crippen molar-refractivity contribution in [2.75, 3.05) is 37.0 Å². The number of ether oxygens (including phenoxy) is 1. The summed E-state index contributed by atoms with van der Waals surface area (Å²) < 4.78 is 45.4. The SMILES string of the molecule is COc1cc(N2CCN(C(=O)O)C(C(C)(C)C)C2)ccc1Nc1nc(Cl)ncc1C(F)(F)F. The number of piperazine rings is 1. The van der Waals surface area contributed by atoms with Gasteiger partial charge in [0.15, 0.2) is 0 Å². The molecule has 2 N–H and O–H groups in total. The van der Waals surface area contributed by atoms with E-state index in [-0.39, 0.29) is 22.4 Å². The van der Waals surface area contributed by atoms with Gasteiger partial charge >= 0.3 is 12.3 Å². The van der Waals surface area contributed by atoms with E-state index in [1.165, 1.54) is 12.0 Å². The minimum absolute atomic E-state index is 0.245. The number of amides is 1. The number of anilines is 3. The molecule has 0 bridgehead atoms. The lowest BCUT2D eigenvalue weighted by atomic mass is 9.84. The van der Waals surface area contributed by atoms with Gasteiger partial charge in [0.05, 0.1) is 18.8 Å². The van der Waals surface area contributed by atoms with E-state index in [4.69, 9.17) is 16.3 Å². The quantitative estimate of drug-likeness (QED) is 0.579. The van der Waals surface area contributed by atoms with Gasteiger partial charge in [-0.3, -0.25) is 0 Å². The molecular weight excluding hydrogens is 463 g/mol. The van der Waals surface area contributed by atoms with E-state index in [1.807, 2.05) is 25.7 Å². The van der Waals surface area contributed by atoms with Crippen LogP contribution in [0, 0.1) is 5.41 Å². The van der Waals surface area contributed by atoms with Crippen molar-refractivity contribution in [1.29, 1.82) is 0 Å². The molecule has 1 aromatic heterocycles. The summed E-state index contributed by atoms with van der Waals surface area (Å²) in [5.74, 6) is -0.195. The summed E-state index contributed by atoms with van der Waals surface area (Å²) in [6.07, 6.45) is -5.02. The third kappa shape index (κ3) is 5.52. The number of nitrogens with one attached hydrogen (secondary N) is 1. The second kappa shape index (κ2) is 9.12. The zero-order chi connectivity index (χ0) is 24.6. The first-order valence-corrected chi connectivity index (χ1v) is 10.5. The summed E-state index contributed by atoms with van der Waals surface area (Å²) in [5.41, 5.74) is -0.328. The van der Waals surface area contributed by atoms with Gasteiger partial charge in [0.1, 0.15) is 17.1 Å². The summed E-state index contributed by atoms with van der Waals surface area (Å²) in [6.45, 7) is 7.20. The smallest absolute Gasteiger partial charge is 0.421 e. The van der Waals surface area contributed by atoms with Gasteiger partial charge in [-0.05, 0) is 29.1 Å². The van der Waals surface area contributed by atoms with Crippen LogP contribution in [-0.4, -0.2) is 58.9 Å². The van der Waals surface area contributed by atoms with Crippen molar-refractivity contribution in [3.63, 3.8) is 0 Å². The second-order valence-electron chi connectivity index (χ2n) is 8.71. The zero-order valence-electron chi connectivity index (χ0n) is 18.6. The molecule has 1 aliphatic rings. The topological polar surface area (TPSA) is 90.8 Å². The number of carbonyl (C=O) groups is 1. The first-order chi connectivity index (χ1) is 15.3. The molecule has 1 fully saturated rings. The Hall–Kier alpha value is -2.95. The normalized spacial score (nSPS) is 17.2. The summed E-state index contributed by atoms with van der Waals surface area (Å²) in [4.78, 5) is 22.3. The number of aromatic nitrogens is 2. The number of halogens is 4. The lowest BCUT2D eigenvalue weighted by molar-refractivity contribution is -0.137. The molecule has 180 valence electrons. The zero-order valence-corrected chi connectivity index (χ0v) is 19.3. The molecule has 2 aromatic rings. The number of rotatable bonds is 4. The maximum absolute atomic E-state index is 13.3. The van der Waals surface area contributed by atoms with Gasteiger partial charge in [-0.25, -0.2) is 9.78 Å². The fourth-order valence-corrected chi connectivity index (χ4v) is 3.89. The van der Waals surface area contributed by atoms with Gasteiger partial charge in [0, 0.05) is 37.6 Å². The second-order valence-corrected chi connectivity index (χ2v) is 9.05. The Labute approximate surface area is 194 Å². The molecule has 1 unspecified atom stereocenters. The maximum Gasteiger partial charge on any atom is 0.421 e. The first-order valence-electron chi connectivity index (χ1n) is 10.1. The van der Waals surface area contributed by atoms with E-state index in [0.717, 1.165) is 5.69 Å². The van der Waals surface area contributed by atoms with Gasteiger partial charge in [0.25, 0.3) is 0 Å². The molecule has 0 aliphatic carbocycles. The minimum Gasteiger partial charge on any atom is -0.494 e. The largest absolute Gasteiger partial charge is 0.494 e. The van der Waals surface area contributed by atoms with E-state index in [9.17, 15) is 23.1 Å². The molecule has 0 saturated carbocycles. The minimum atomic E-state index is -4.67. The molecule has 1 amide bonds. The van der Waals surface area contributed by atoms with Crippen LogP contribution in [0.2, 0.25) is 5.28 Å². The van der Waals surface area contributed by atoms with Crippen LogP contribution in [0.25, 0.3) is 0 Å². The molecule has 8 nitrogen and oxygen atoms in total. The van der Waals surface area contributed by atoms with Crippen molar-refractivity contribution in [2.45, 2.75) is 33.0 Å². The Bertz CT molecular complexity index is 1030. The number of benzene rings is 1. The molecule has 0 spiro atoms. The van der Waals surface area contributed by atoms with Crippen LogP contribution in [0.15, 0.2) is 24.4 Å². The van der Waals surface area contributed by atoms with Gasteiger partial charge in [-0.2, -0.15) is 18.2 Å². The number of hydrogen-bond donors (Lipinski definition) is 2. The van der Waals surface area contributed by atoms with E-state index < -0.39 is 23.7 Å². The van der Waals surface area contributed by atoms with Gasteiger partial charge in [-0.15, -0.1) is 0 Å². The summed E-state index contributed by atoms with van der Waals surface area (Å²) in [7, 11) is 1.41. The predicted molar refractivity (Wildman–Crippen MR) is 119 cm³/mol. The highest BCUT2D eigenvalue weighted by Crippen LogP contribution is 2.38. The van der Waals surface area contributed by atoms with E-state index in [1.54, 1.807) is 18.2 Å². The van der Waals surface area contributed by atoms with E-state index in [0.29, 0.717) is 31.6 Å². The number of methoxy groups -OCH3 is 1.